The van der Waals surface area contributed by atoms with Crippen LogP contribution in [0.25, 0.3) is 38.9 Å². The molecule has 1 aromatic carbocycles. The van der Waals surface area contributed by atoms with E-state index in [-0.39, 0.29) is 12.1 Å². The van der Waals surface area contributed by atoms with Gasteiger partial charge in [0.25, 0.3) is 0 Å². The monoisotopic (exact) mass is 512 g/mol. The lowest BCUT2D eigenvalue weighted by atomic mass is 9.89. The van der Waals surface area contributed by atoms with Gasteiger partial charge >= 0.3 is 0 Å². The number of nitrogens with two attached hydrogens (primary N) is 1. The van der Waals surface area contributed by atoms with E-state index >= 15 is 0 Å². The van der Waals surface area contributed by atoms with Crippen molar-refractivity contribution in [1.82, 2.24) is 34.2 Å². The number of hydrogen-bond donors (Lipinski definition) is 1. The van der Waals surface area contributed by atoms with Gasteiger partial charge < -0.3 is 15.2 Å². The third kappa shape index (κ3) is 3.70. The number of nitrogens with zero attached hydrogens (tertiary/aromatic N) is 7. The maximum Gasteiger partial charge on any atom is 0.152 e. The summed E-state index contributed by atoms with van der Waals surface area (Å²) in [6.45, 7) is 7.47. The molecule has 2 atom stereocenters. The third-order valence-electron chi connectivity index (χ3n) is 8.17. The predicted molar refractivity (Wildman–Crippen MR) is 145 cm³/mol. The zero-order valence-electron chi connectivity index (χ0n) is 21.7. The van der Waals surface area contributed by atoms with Gasteiger partial charge in [0, 0.05) is 47.8 Å². The topological polar surface area (TPSA) is 110 Å². The van der Waals surface area contributed by atoms with Crippen LogP contribution in [0.1, 0.15) is 38.8 Å². The quantitative estimate of drug-likeness (QED) is 0.380. The Morgan fingerprint density at radius 2 is 1.71 bits per heavy atom. The molecule has 2 aliphatic rings. The summed E-state index contributed by atoms with van der Waals surface area (Å²) in [4.78, 5) is 4.33. The first-order chi connectivity index (χ1) is 18.6. The highest BCUT2D eigenvalue weighted by Crippen LogP contribution is 2.38. The first-order valence-corrected chi connectivity index (χ1v) is 13.4. The second kappa shape index (κ2) is 9.21. The van der Waals surface area contributed by atoms with Gasteiger partial charge in [0.1, 0.15) is 11.8 Å². The van der Waals surface area contributed by atoms with E-state index in [0.29, 0.717) is 17.7 Å². The molecule has 2 N–H and O–H groups in total. The minimum Gasteiger partial charge on any atom is -0.382 e. The molecule has 38 heavy (non-hydrogen) atoms. The Hall–Kier alpha value is -3.76. The standard InChI is InChI=1S/C28H32N8O2/c1-17-14-38-15-18(2)26(17)35-24-11-19(3-4-20(24)13-32-35)25-12-22(27-28(29)30-16-33-36(25)27)23-5-8-31-34(23)21-6-9-37-10-7-21/h3-5,8,11-13,16-18,21,26H,6-7,9-10,14-15H2,1-2H3,(H2,29,30,33). The highest BCUT2D eigenvalue weighted by molar-refractivity contribution is 5.92. The summed E-state index contributed by atoms with van der Waals surface area (Å²) in [6, 6.07) is 11.3. The normalized spacial score (nSPS) is 22.9. The van der Waals surface area contributed by atoms with E-state index in [0.717, 1.165) is 78.2 Å². The van der Waals surface area contributed by atoms with Crippen molar-refractivity contribution < 1.29 is 9.47 Å². The lowest BCUT2D eigenvalue weighted by Gasteiger charge is -2.35. The molecule has 2 fully saturated rings. The van der Waals surface area contributed by atoms with E-state index in [1.807, 2.05) is 23.0 Å². The second-order valence-corrected chi connectivity index (χ2v) is 10.7. The molecule has 0 spiro atoms. The number of aromatic nitrogens is 7. The predicted octanol–water partition coefficient (Wildman–Crippen LogP) is 4.39. The fourth-order valence-electron chi connectivity index (χ4n) is 6.33. The van der Waals surface area contributed by atoms with Gasteiger partial charge in [-0.2, -0.15) is 15.3 Å². The average Bonchev–Trinajstić information content (AvgIpc) is 3.66. The molecule has 5 aromatic rings. The summed E-state index contributed by atoms with van der Waals surface area (Å²) in [5.41, 5.74) is 12.3. The molecule has 10 nitrogen and oxygen atoms in total. The fraction of sp³-hybridized carbons (Fsp3) is 0.429. The Balaban J connectivity index is 1.38. The summed E-state index contributed by atoms with van der Waals surface area (Å²) >= 11 is 0. The maximum atomic E-state index is 6.46. The Morgan fingerprint density at radius 3 is 2.53 bits per heavy atom. The molecule has 0 amide bonds. The number of ether oxygens (including phenoxy) is 2. The molecule has 0 aliphatic carbocycles. The Labute approximate surface area is 220 Å². The summed E-state index contributed by atoms with van der Waals surface area (Å²) in [5, 5.41) is 15.3. The van der Waals surface area contributed by atoms with Crippen molar-refractivity contribution in [3.8, 4) is 22.5 Å². The molecule has 2 saturated heterocycles. The SMILES string of the molecule is CC1COCC(C)C1n1ncc2ccc(-c3cc(-c4ccnn4C4CCOCC4)c4c(N)ncnn34)cc21. The van der Waals surface area contributed by atoms with Gasteiger partial charge in [-0.05, 0) is 31.0 Å². The van der Waals surface area contributed by atoms with Crippen LogP contribution in [0.5, 0.6) is 0 Å². The van der Waals surface area contributed by atoms with Crippen LogP contribution in [0.15, 0.2) is 49.1 Å². The van der Waals surface area contributed by atoms with Gasteiger partial charge in [-0.25, -0.2) is 9.50 Å². The van der Waals surface area contributed by atoms with Crippen molar-refractivity contribution in [2.45, 2.75) is 38.8 Å². The van der Waals surface area contributed by atoms with E-state index in [4.69, 9.17) is 25.4 Å². The molecule has 7 rings (SSSR count). The second-order valence-electron chi connectivity index (χ2n) is 10.7. The van der Waals surface area contributed by atoms with Gasteiger partial charge in [0.2, 0.25) is 0 Å². The van der Waals surface area contributed by atoms with Crippen LogP contribution in [-0.2, 0) is 9.47 Å². The van der Waals surface area contributed by atoms with Gasteiger partial charge in [-0.1, -0.05) is 26.0 Å². The van der Waals surface area contributed by atoms with Crippen LogP contribution in [0.2, 0.25) is 0 Å². The van der Waals surface area contributed by atoms with Gasteiger partial charge in [0.05, 0.1) is 48.4 Å². The maximum absolute atomic E-state index is 6.46. The average molecular weight is 513 g/mol. The minimum atomic E-state index is 0.280. The van der Waals surface area contributed by atoms with Crippen molar-refractivity contribution in [3.05, 3.63) is 49.1 Å². The molecule has 196 valence electrons. The summed E-state index contributed by atoms with van der Waals surface area (Å²) in [6.07, 6.45) is 7.20. The summed E-state index contributed by atoms with van der Waals surface area (Å²) in [5.74, 6) is 1.20. The van der Waals surface area contributed by atoms with E-state index < -0.39 is 0 Å². The van der Waals surface area contributed by atoms with Crippen molar-refractivity contribution in [2.24, 2.45) is 11.8 Å². The van der Waals surface area contributed by atoms with Gasteiger partial charge in [-0.3, -0.25) is 9.36 Å². The smallest absolute Gasteiger partial charge is 0.152 e. The summed E-state index contributed by atoms with van der Waals surface area (Å²) < 4.78 is 17.6. The molecule has 0 saturated carbocycles. The van der Waals surface area contributed by atoms with Crippen molar-refractivity contribution in [3.63, 3.8) is 0 Å². The Bertz CT molecular complexity index is 1600. The number of hydrogen-bond acceptors (Lipinski definition) is 7. The molecule has 2 unspecified atom stereocenters. The molecule has 0 bridgehead atoms. The number of nitrogen functional groups attached to an aromatic ring is 1. The zero-order valence-corrected chi connectivity index (χ0v) is 21.7. The summed E-state index contributed by atoms with van der Waals surface area (Å²) in [7, 11) is 0. The highest BCUT2D eigenvalue weighted by atomic mass is 16.5. The molecule has 10 heteroatoms. The van der Waals surface area contributed by atoms with Gasteiger partial charge in [-0.15, -0.1) is 0 Å². The number of benzene rings is 1. The first kappa shape index (κ1) is 23.4. The molecule has 6 heterocycles. The van der Waals surface area contributed by atoms with E-state index in [1.54, 1.807) is 0 Å². The molecule has 0 radical (unpaired) electrons. The van der Waals surface area contributed by atoms with Crippen LogP contribution in [0.4, 0.5) is 5.82 Å². The lowest BCUT2D eigenvalue weighted by molar-refractivity contribution is -0.0126. The van der Waals surface area contributed by atoms with Crippen LogP contribution in [-0.4, -0.2) is 60.6 Å². The zero-order chi connectivity index (χ0) is 25.8. The van der Waals surface area contributed by atoms with Crippen LogP contribution in [0, 0.1) is 11.8 Å². The number of rotatable bonds is 4. The Morgan fingerprint density at radius 1 is 0.895 bits per heavy atom. The first-order valence-electron chi connectivity index (χ1n) is 13.4. The fourth-order valence-corrected chi connectivity index (χ4v) is 6.33. The Kier molecular flexibility index (Phi) is 5.66. The van der Waals surface area contributed by atoms with Crippen molar-refractivity contribution in [2.75, 3.05) is 32.2 Å². The van der Waals surface area contributed by atoms with Crippen molar-refractivity contribution >= 4 is 22.2 Å². The largest absolute Gasteiger partial charge is 0.382 e. The van der Waals surface area contributed by atoms with E-state index in [1.165, 1.54) is 6.33 Å². The number of fused-ring (bicyclic) bond motifs is 2. The number of anilines is 1. The van der Waals surface area contributed by atoms with Crippen LogP contribution < -0.4 is 5.73 Å². The van der Waals surface area contributed by atoms with Crippen LogP contribution in [0.3, 0.4) is 0 Å². The van der Waals surface area contributed by atoms with Crippen LogP contribution >= 0.6 is 0 Å². The third-order valence-corrected chi connectivity index (χ3v) is 8.17. The molecule has 4 aromatic heterocycles. The van der Waals surface area contributed by atoms with Gasteiger partial charge in [0.15, 0.2) is 5.82 Å². The lowest BCUT2D eigenvalue weighted by Crippen LogP contribution is -2.35. The van der Waals surface area contributed by atoms with Crippen molar-refractivity contribution in [1.29, 1.82) is 0 Å². The van der Waals surface area contributed by atoms with E-state index in [2.05, 4.69) is 57.6 Å². The highest BCUT2D eigenvalue weighted by Gasteiger charge is 2.32. The van der Waals surface area contributed by atoms with E-state index in [9.17, 15) is 0 Å². The molecule has 2 aliphatic heterocycles. The molecular formula is C28H32N8O2. The molecular weight excluding hydrogens is 480 g/mol. The minimum absolute atomic E-state index is 0.280.